The van der Waals surface area contributed by atoms with E-state index in [0.29, 0.717) is 17.6 Å². The smallest absolute Gasteiger partial charge is 0.139 e. The predicted octanol–water partition coefficient (Wildman–Crippen LogP) is 4.87. The zero-order valence-corrected chi connectivity index (χ0v) is 13.7. The summed E-state index contributed by atoms with van der Waals surface area (Å²) in [7, 11) is 0. The number of fused-ring (bicyclic) bond motifs is 1. The van der Waals surface area contributed by atoms with E-state index in [9.17, 15) is 4.79 Å². The molecule has 6 atom stereocenters. The lowest BCUT2D eigenvalue weighted by atomic mass is 9.51. The Morgan fingerprint density at radius 2 is 1.84 bits per heavy atom. The zero-order valence-electron chi connectivity index (χ0n) is 13.7. The quantitative estimate of drug-likeness (QED) is 0.616. The van der Waals surface area contributed by atoms with Gasteiger partial charge in [0.1, 0.15) is 5.78 Å². The second-order valence-corrected chi connectivity index (χ2v) is 7.49. The fraction of sp³-hybridized carbons (Fsp3) is 0.833. The van der Waals surface area contributed by atoms with Crippen LogP contribution in [0.15, 0.2) is 11.6 Å². The van der Waals surface area contributed by atoms with Crippen molar-refractivity contribution in [1.82, 2.24) is 0 Å². The minimum Gasteiger partial charge on any atom is -0.299 e. The monoisotopic (exact) mass is 262 g/mol. The highest BCUT2D eigenvalue weighted by Crippen LogP contribution is 2.65. The number of Topliss-reactive ketones (excluding diaryl/α,β-unsaturated/α-hetero) is 1. The third-order valence-electron chi connectivity index (χ3n) is 7.49. The first-order chi connectivity index (χ1) is 8.71. The van der Waals surface area contributed by atoms with Crippen molar-refractivity contribution < 1.29 is 4.79 Å². The third kappa shape index (κ3) is 1.63. The van der Waals surface area contributed by atoms with Gasteiger partial charge in [0.25, 0.3) is 0 Å². The van der Waals surface area contributed by atoms with Gasteiger partial charge in [-0.25, -0.2) is 0 Å². The summed E-state index contributed by atoms with van der Waals surface area (Å²) >= 11 is 0. The van der Waals surface area contributed by atoms with Crippen LogP contribution in [0, 0.1) is 34.5 Å². The van der Waals surface area contributed by atoms with Gasteiger partial charge in [0.15, 0.2) is 0 Å². The van der Waals surface area contributed by atoms with Crippen molar-refractivity contribution in [3.8, 4) is 0 Å². The summed E-state index contributed by atoms with van der Waals surface area (Å²) < 4.78 is 0. The fourth-order valence-corrected chi connectivity index (χ4v) is 5.11. The molecule has 2 aliphatic rings. The number of hydrogen-bond acceptors (Lipinski definition) is 1. The van der Waals surface area contributed by atoms with E-state index in [-0.39, 0.29) is 22.7 Å². The molecule has 0 spiro atoms. The minimum absolute atomic E-state index is 0.131. The Bertz CT molecular complexity index is 421. The van der Waals surface area contributed by atoms with Crippen LogP contribution in [-0.4, -0.2) is 5.78 Å². The van der Waals surface area contributed by atoms with Crippen molar-refractivity contribution in [1.29, 1.82) is 0 Å². The predicted molar refractivity (Wildman–Crippen MR) is 80.9 cm³/mol. The van der Waals surface area contributed by atoms with Crippen molar-refractivity contribution in [2.45, 2.75) is 61.3 Å². The Labute approximate surface area is 118 Å². The molecule has 0 aromatic rings. The van der Waals surface area contributed by atoms with Gasteiger partial charge in [-0.05, 0) is 42.4 Å². The third-order valence-corrected chi connectivity index (χ3v) is 7.49. The summed E-state index contributed by atoms with van der Waals surface area (Å²) in [5.41, 5.74) is 1.83. The highest BCUT2D eigenvalue weighted by Gasteiger charge is 2.62. The molecule has 2 rings (SSSR count). The number of carbonyl (C=O) groups is 1. The van der Waals surface area contributed by atoms with Crippen LogP contribution in [-0.2, 0) is 4.79 Å². The van der Waals surface area contributed by atoms with E-state index in [4.69, 9.17) is 0 Å². The topological polar surface area (TPSA) is 17.1 Å². The van der Waals surface area contributed by atoms with Gasteiger partial charge in [0.2, 0.25) is 0 Å². The molecule has 0 N–H and O–H groups in total. The van der Waals surface area contributed by atoms with Crippen molar-refractivity contribution in [2.75, 3.05) is 0 Å². The first-order valence-corrected chi connectivity index (χ1v) is 7.92. The van der Waals surface area contributed by atoms with Crippen LogP contribution in [0.4, 0.5) is 0 Å². The molecule has 1 fully saturated rings. The Balaban J connectivity index is 2.63. The van der Waals surface area contributed by atoms with E-state index >= 15 is 0 Å². The van der Waals surface area contributed by atoms with E-state index in [0.717, 1.165) is 12.8 Å². The van der Waals surface area contributed by atoms with Crippen molar-refractivity contribution in [2.24, 2.45) is 34.5 Å². The lowest BCUT2D eigenvalue weighted by Crippen LogP contribution is -2.47. The van der Waals surface area contributed by atoms with Crippen molar-refractivity contribution in [3.05, 3.63) is 11.6 Å². The number of carbonyl (C=O) groups excluding carboxylic acids is 1. The van der Waals surface area contributed by atoms with E-state index < -0.39 is 0 Å². The molecule has 1 saturated carbocycles. The minimum atomic E-state index is 0.131. The van der Waals surface area contributed by atoms with Gasteiger partial charge >= 0.3 is 0 Å². The molecule has 0 heterocycles. The lowest BCUT2D eigenvalue weighted by molar-refractivity contribution is -0.126. The molecule has 0 aromatic carbocycles. The molecule has 2 aliphatic carbocycles. The maximum Gasteiger partial charge on any atom is 0.139 e. The summed E-state index contributed by atoms with van der Waals surface area (Å²) in [6, 6.07) is 0. The van der Waals surface area contributed by atoms with Gasteiger partial charge in [-0.1, -0.05) is 53.2 Å². The molecule has 0 amide bonds. The molecule has 1 nitrogen and oxygen atoms in total. The molecule has 0 radical (unpaired) electrons. The Morgan fingerprint density at radius 1 is 1.26 bits per heavy atom. The first kappa shape index (κ1) is 14.8. The van der Waals surface area contributed by atoms with Crippen molar-refractivity contribution in [3.63, 3.8) is 0 Å². The molecule has 19 heavy (non-hydrogen) atoms. The van der Waals surface area contributed by atoms with Crippen LogP contribution in [0.2, 0.25) is 0 Å². The van der Waals surface area contributed by atoms with Crippen LogP contribution in [0.25, 0.3) is 0 Å². The van der Waals surface area contributed by atoms with E-state index in [1.807, 2.05) is 0 Å². The standard InChI is InChI=1S/C18H30O/c1-8-17(6)13(4)11(2)9-10-15-16(19)12(3)14(5)18(15,17)7/h9,12-15H,8,10H2,1-7H3. The normalized spacial score (nSPS) is 50.7. The average molecular weight is 262 g/mol. The van der Waals surface area contributed by atoms with Crippen molar-refractivity contribution >= 4 is 5.78 Å². The molecule has 0 aliphatic heterocycles. The molecule has 0 saturated heterocycles. The van der Waals surface area contributed by atoms with Gasteiger partial charge in [-0.3, -0.25) is 4.79 Å². The van der Waals surface area contributed by atoms with E-state index in [1.165, 1.54) is 5.57 Å². The van der Waals surface area contributed by atoms with Gasteiger partial charge in [0, 0.05) is 11.8 Å². The van der Waals surface area contributed by atoms with Crippen LogP contribution in [0.3, 0.4) is 0 Å². The van der Waals surface area contributed by atoms with E-state index in [1.54, 1.807) is 0 Å². The van der Waals surface area contributed by atoms with Gasteiger partial charge in [-0.2, -0.15) is 0 Å². The average Bonchev–Trinajstić information content (AvgIpc) is 2.52. The van der Waals surface area contributed by atoms with Crippen LogP contribution in [0.5, 0.6) is 0 Å². The largest absolute Gasteiger partial charge is 0.299 e. The highest BCUT2D eigenvalue weighted by atomic mass is 16.1. The summed E-state index contributed by atoms with van der Waals surface area (Å²) in [5.74, 6) is 2.00. The van der Waals surface area contributed by atoms with E-state index in [2.05, 4.69) is 54.5 Å². The Morgan fingerprint density at radius 3 is 2.37 bits per heavy atom. The molecule has 108 valence electrons. The van der Waals surface area contributed by atoms with Crippen LogP contribution < -0.4 is 0 Å². The molecule has 6 unspecified atom stereocenters. The maximum atomic E-state index is 12.7. The Hall–Kier alpha value is -0.590. The van der Waals surface area contributed by atoms with Gasteiger partial charge < -0.3 is 0 Å². The molecule has 0 bridgehead atoms. The Kier molecular flexibility index (Phi) is 3.48. The molecule has 0 aromatic heterocycles. The first-order valence-electron chi connectivity index (χ1n) is 7.92. The SMILES string of the molecule is CCC1(C)C(C)C(C)=CCC2C(=O)C(C)C(C)C21C. The number of ketones is 1. The summed E-state index contributed by atoms with van der Waals surface area (Å²) in [6.07, 6.45) is 4.45. The van der Waals surface area contributed by atoms with Crippen LogP contribution >= 0.6 is 0 Å². The summed E-state index contributed by atoms with van der Waals surface area (Å²) in [6.45, 7) is 16.2. The summed E-state index contributed by atoms with van der Waals surface area (Å²) in [5, 5.41) is 0. The molecule has 1 heteroatoms. The van der Waals surface area contributed by atoms with Crippen LogP contribution in [0.1, 0.15) is 61.3 Å². The van der Waals surface area contributed by atoms with Gasteiger partial charge in [-0.15, -0.1) is 0 Å². The zero-order chi connectivity index (χ0) is 14.6. The lowest BCUT2D eigenvalue weighted by Gasteiger charge is -2.52. The molecular formula is C18H30O. The second-order valence-electron chi connectivity index (χ2n) is 7.49. The maximum absolute atomic E-state index is 12.7. The number of allylic oxidation sites excluding steroid dienone is 2. The fourth-order valence-electron chi connectivity index (χ4n) is 5.11. The summed E-state index contributed by atoms with van der Waals surface area (Å²) in [4.78, 5) is 12.7. The number of rotatable bonds is 1. The van der Waals surface area contributed by atoms with Gasteiger partial charge in [0.05, 0.1) is 0 Å². The highest BCUT2D eigenvalue weighted by molar-refractivity contribution is 5.87. The second kappa shape index (κ2) is 4.46. The number of hydrogen-bond donors (Lipinski definition) is 0. The molecular weight excluding hydrogens is 232 g/mol.